The molecule has 3 rings (SSSR count). The molecule has 1 aromatic rings. The van der Waals surface area contributed by atoms with Crippen LogP contribution in [0.3, 0.4) is 0 Å². The number of carbonyl (C=O) groups excluding carboxylic acids is 1. The van der Waals surface area contributed by atoms with Gasteiger partial charge in [-0.05, 0) is 42.9 Å². The van der Waals surface area contributed by atoms with Crippen LogP contribution in [0.25, 0.3) is 0 Å². The van der Waals surface area contributed by atoms with Gasteiger partial charge in [-0.25, -0.2) is 0 Å². The highest BCUT2D eigenvalue weighted by Crippen LogP contribution is 2.37. The van der Waals surface area contributed by atoms with Crippen molar-refractivity contribution in [3.05, 3.63) is 17.7 Å². The zero-order valence-electron chi connectivity index (χ0n) is 13.0. The molecule has 1 fully saturated rings. The summed E-state index contributed by atoms with van der Waals surface area (Å²) < 4.78 is 0. The maximum Gasteiger partial charge on any atom is 0.224 e. The summed E-state index contributed by atoms with van der Waals surface area (Å²) in [5.74, 6) is 0.792. The molecule has 4 nitrogen and oxygen atoms in total. The van der Waals surface area contributed by atoms with Gasteiger partial charge < -0.3 is 16.0 Å². The van der Waals surface area contributed by atoms with Crippen molar-refractivity contribution < 1.29 is 4.79 Å². The standard InChI is InChI=1S/C17H25N3O/c1-11-5-3-4-6-15(11)20(2)16-10-14-12(9-13(16)18)7-8-17(21)19-14/h9-11,15H,3-8,18H2,1-2H3,(H,19,21). The van der Waals surface area contributed by atoms with Crippen molar-refractivity contribution in [3.63, 3.8) is 0 Å². The SMILES string of the molecule is CC1CCCCC1N(C)c1cc2c(cc1N)CCC(=O)N2. The van der Waals surface area contributed by atoms with Gasteiger partial charge in [-0.15, -0.1) is 0 Å². The Morgan fingerprint density at radius 1 is 1.24 bits per heavy atom. The topological polar surface area (TPSA) is 58.4 Å². The highest BCUT2D eigenvalue weighted by molar-refractivity contribution is 5.95. The van der Waals surface area contributed by atoms with E-state index in [4.69, 9.17) is 5.73 Å². The van der Waals surface area contributed by atoms with Crippen LogP contribution in [0, 0.1) is 5.92 Å². The van der Waals surface area contributed by atoms with Crippen LogP contribution < -0.4 is 16.0 Å². The zero-order chi connectivity index (χ0) is 15.0. The van der Waals surface area contributed by atoms with E-state index in [1.807, 2.05) is 6.07 Å². The van der Waals surface area contributed by atoms with Gasteiger partial charge in [-0.2, -0.15) is 0 Å². The van der Waals surface area contributed by atoms with Gasteiger partial charge in [0.05, 0.1) is 11.4 Å². The summed E-state index contributed by atoms with van der Waals surface area (Å²) in [5.41, 5.74) is 10.2. The van der Waals surface area contributed by atoms with Crippen molar-refractivity contribution >= 4 is 23.0 Å². The lowest BCUT2D eigenvalue weighted by atomic mass is 9.84. The van der Waals surface area contributed by atoms with Crippen molar-refractivity contribution in [2.24, 2.45) is 5.92 Å². The minimum Gasteiger partial charge on any atom is -0.397 e. The minimum absolute atomic E-state index is 0.104. The number of amides is 1. The molecule has 1 aliphatic carbocycles. The van der Waals surface area contributed by atoms with Crippen molar-refractivity contribution in [2.75, 3.05) is 23.0 Å². The van der Waals surface area contributed by atoms with E-state index in [1.165, 1.54) is 25.7 Å². The molecule has 0 radical (unpaired) electrons. The van der Waals surface area contributed by atoms with E-state index < -0.39 is 0 Å². The number of carbonyl (C=O) groups is 1. The fraction of sp³-hybridized carbons (Fsp3) is 0.588. The smallest absolute Gasteiger partial charge is 0.224 e. The van der Waals surface area contributed by atoms with Crippen molar-refractivity contribution in [3.8, 4) is 0 Å². The number of nitrogen functional groups attached to an aromatic ring is 1. The number of aryl methyl sites for hydroxylation is 1. The molecular formula is C17H25N3O. The highest BCUT2D eigenvalue weighted by Gasteiger charge is 2.27. The molecule has 1 aromatic carbocycles. The van der Waals surface area contributed by atoms with Gasteiger partial charge in [0.1, 0.15) is 0 Å². The maximum atomic E-state index is 11.6. The average molecular weight is 287 g/mol. The van der Waals surface area contributed by atoms with E-state index in [-0.39, 0.29) is 5.91 Å². The Kier molecular flexibility index (Phi) is 3.79. The number of hydrogen-bond acceptors (Lipinski definition) is 3. The first-order chi connectivity index (χ1) is 10.1. The second kappa shape index (κ2) is 5.58. The predicted octanol–water partition coefficient (Wildman–Crippen LogP) is 3.17. The highest BCUT2D eigenvalue weighted by atomic mass is 16.1. The van der Waals surface area contributed by atoms with Gasteiger partial charge in [0.2, 0.25) is 5.91 Å². The monoisotopic (exact) mass is 287 g/mol. The Balaban J connectivity index is 1.90. The first-order valence-corrected chi connectivity index (χ1v) is 8.01. The minimum atomic E-state index is 0.104. The Bertz CT molecular complexity index is 555. The lowest BCUT2D eigenvalue weighted by molar-refractivity contribution is -0.116. The van der Waals surface area contributed by atoms with Crippen molar-refractivity contribution in [2.45, 2.75) is 51.5 Å². The normalized spacial score (nSPS) is 25.1. The average Bonchev–Trinajstić information content (AvgIpc) is 2.47. The molecule has 4 heteroatoms. The van der Waals surface area contributed by atoms with Crippen LogP contribution in [-0.4, -0.2) is 19.0 Å². The number of nitrogens with zero attached hydrogens (tertiary/aromatic N) is 1. The first-order valence-electron chi connectivity index (χ1n) is 8.01. The fourth-order valence-electron chi connectivity index (χ4n) is 3.79. The molecule has 0 bridgehead atoms. The summed E-state index contributed by atoms with van der Waals surface area (Å²) in [7, 11) is 2.13. The van der Waals surface area contributed by atoms with E-state index in [9.17, 15) is 4.79 Å². The molecule has 1 amide bonds. The van der Waals surface area contributed by atoms with E-state index in [1.54, 1.807) is 0 Å². The van der Waals surface area contributed by atoms with Crippen LogP contribution >= 0.6 is 0 Å². The van der Waals surface area contributed by atoms with Crippen molar-refractivity contribution in [1.82, 2.24) is 0 Å². The van der Waals surface area contributed by atoms with Crippen LogP contribution in [0.15, 0.2) is 12.1 Å². The number of anilines is 3. The van der Waals surface area contributed by atoms with E-state index >= 15 is 0 Å². The summed E-state index contributed by atoms with van der Waals surface area (Å²) in [6.07, 6.45) is 6.48. The summed E-state index contributed by atoms with van der Waals surface area (Å²) >= 11 is 0. The second-order valence-electron chi connectivity index (χ2n) is 6.56. The Labute approximate surface area is 126 Å². The Morgan fingerprint density at radius 3 is 2.76 bits per heavy atom. The second-order valence-corrected chi connectivity index (χ2v) is 6.56. The summed E-state index contributed by atoms with van der Waals surface area (Å²) in [6.45, 7) is 2.33. The molecule has 114 valence electrons. The number of nitrogens with two attached hydrogens (primary N) is 1. The lowest BCUT2D eigenvalue weighted by Gasteiger charge is -2.38. The molecule has 21 heavy (non-hydrogen) atoms. The molecule has 2 aliphatic rings. The third-order valence-corrected chi connectivity index (χ3v) is 5.09. The third-order valence-electron chi connectivity index (χ3n) is 5.09. The zero-order valence-corrected chi connectivity index (χ0v) is 13.0. The van der Waals surface area contributed by atoms with Gasteiger partial charge in [0.15, 0.2) is 0 Å². The van der Waals surface area contributed by atoms with Gasteiger partial charge >= 0.3 is 0 Å². The molecular weight excluding hydrogens is 262 g/mol. The van der Waals surface area contributed by atoms with E-state index in [0.29, 0.717) is 18.4 Å². The van der Waals surface area contributed by atoms with Gasteiger partial charge in [-0.3, -0.25) is 4.79 Å². The van der Waals surface area contributed by atoms with Crippen LogP contribution in [0.1, 0.15) is 44.6 Å². The largest absolute Gasteiger partial charge is 0.397 e. The molecule has 0 saturated heterocycles. The molecule has 0 aromatic heterocycles. The Hall–Kier alpha value is -1.71. The number of nitrogens with one attached hydrogen (secondary N) is 1. The molecule has 1 heterocycles. The number of rotatable bonds is 2. The Morgan fingerprint density at radius 2 is 2.00 bits per heavy atom. The van der Waals surface area contributed by atoms with E-state index in [0.717, 1.165) is 29.0 Å². The van der Waals surface area contributed by atoms with Crippen molar-refractivity contribution in [1.29, 1.82) is 0 Å². The first kappa shape index (κ1) is 14.2. The molecule has 1 saturated carbocycles. The quantitative estimate of drug-likeness (QED) is 0.821. The summed E-state index contributed by atoms with van der Waals surface area (Å²) in [5, 5.41) is 2.98. The van der Waals surface area contributed by atoms with Gasteiger partial charge in [0.25, 0.3) is 0 Å². The number of fused-ring (bicyclic) bond motifs is 1. The molecule has 2 atom stereocenters. The molecule has 2 unspecified atom stereocenters. The number of benzene rings is 1. The van der Waals surface area contributed by atoms with Crippen LogP contribution in [-0.2, 0) is 11.2 Å². The lowest BCUT2D eigenvalue weighted by Crippen LogP contribution is -2.39. The van der Waals surface area contributed by atoms with Gasteiger partial charge in [-0.1, -0.05) is 19.8 Å². The van der Waals surface area contributed by atoms with Gasteiger partial charge in [0, 0.05) is 25.2 Å². The van der Waals surface area contributed by atoms with Crippen LogP contribution in [0.4, 0.5) is 17.1 Å². The molecule has 3 N–H and O–H groups in total. The summed E-state index contributed by atoms with van der Waals surface area (Å²) in [6, 6.07) is 4.63. The number of hydrogen-bond donors (Lipinski definition) is 2. The third kappa shape index (κ3) is 2.71. The molecule has 1 aliphatic heterocycles. The van der Waals surface area contributed by atoms with Crippen LogP contribution in [0.2, 0.25) is 0 Å². The van der Waals surface area contributed by atoms with E-state index in [2.05, 4.69) is 30.3 Å². The summed E-state index contributed by atoms with van der Waals surface area (Å²) in [4.78, 5) is 13.9. The maximum absolute atomic E-state index is 11.6. The fourth-order valence-corrected chi connectivity index (χ4v) is 3.79. The predicted molar refractivity (Wildman–Crippen MR) is 87.6 cm³/mol. The van der Waals surface area contributed by atoms with Crippen LogP contribution in [0.5, 0.6) is 0 Å². The molecule has 0 spiro atoms.